The molecular weight excluding hydrogens is 290 g/mol. The van der Waals surface area contributed by atoms with E-state index in [1.54, 1.807) is 4.68 Å². The van der Waals surface area contributed by atoms with Gasteiger partial charge in [-0.1, -0.05) is 12.2 Å². The Morgan fingerprint density at radius 3 is 2.83 bits per heavy atom. The first-order valence-electron chi connectivity index (χ1n) is 8.19. The van der Waals surface area contributed by atoms with Crippen LogP contribution in [0.4, 0.5) is 0 Å². The fourth-order valence-electron chi connectivity index (χ4n) is 3.64. The molecule has 1 atom stereocenters. The summed E-state index contributed by atoms with van der Waals surface area (Å²) in [6.45, 7) is 1.66. The summed E-state index contributed by atoms with van der Waals surface area (Å²) in [5.41, 5.74) is 1.03. The third-order valence-electron chi connectivity index (χ3n) is 4.78. The molecule has 6 nitrogen and oxygen atoms in total. The molecule has 0 N–H and O–H groups in total. The van der Waals surface area contributed by atoms with Crippen molar-refractivity contribution < 1.29 is 4.79 Å². The molecule has 0 fully saturated rings. The Morgan fingerprint density at radius 1 is 1.26 bits per heavy atom. The van der Waals surface area contributed by atoms with Gasteiger partial charge in [-0.15, -0.1) is 0 Å². The molecule has 0 aromatic carbocycles. The van der Waals surface area contributed by atoms with Crippen LogP contribution in [0.25, 0.3) is 0 Å². The molecular formula is C17H21N5O. The van der Waals surface area contributed by atoms with Crippen molar-refractivity contribution in [1.29, 1.82) is 0 Å². The van der Waals surface area contributed by atoms with E-state index in [1.165, 1.54) is 0 Å². The second-order valence-electron chi connectivity index (χ2n) is 6.35. The maximum atomic E-state index is 13.1. The van der Waals surface area contributed by atoms with Gasteiger partial charge in [-0.2, -0.15) is 5.10 Å². The predicted octanol–water partition coefficient (Wildman–Crippen LogP) is 1.90. The smallest absolute Gasteiger partial charge is 0.227 e. The van der Waals surface area contributed by atoms with Crippen LogP contribution < -0.4 is 0 Å². The second kappa shape index (κ2) is 5.68. The standard InChI is InChI=1S/C17H21N5O/c1-20-12-14(11-19-20)15-16-18-7-10-21(16)8-4-9-22(15)17(23)13-5-2-3-6-13/h2-3,7,10-13,15H,4-6,8-9H2,1H3. The highest BCUT2D eigenvalue weighted by atomic mass is 16.2. The van der Waals surface area contributed by atoms with E-state index < -0.39 is 0 Å². The fraction of sp³-hybridized carbons (Fsp3) is 0.471. The van der Waals surface area contributed by atoms with Crippen molar-refractivity contribution in [2.45, 2.75) is 31.8 Å². The monoisotopic (exact) mass is 311 g/mol. The van der Waals surface area contributed by atoms with E-state index in [1.807, 2.05) is 36.7 Å². The molecule has 6 heteroatoms. The van der Waals surface area contributed by atoms with E-state index in [4.69, 9.17) is 0 Å². The van der Waals surface area contributed by atoms with Gasteiger partial charge in [0.15, 0.2) is 0 Å². The first-order valence-corrected chi connectivity index (χ1v) is 8.19. The minimum absolute atomic E-state index is 0.0793. The van der Waals surface area contributed by atoms with E-state index in [0.29, 0.717) is 0 Å². The Kier molecular flexibility index (Phi) is 3.52. The molecule has 2 aliphatic rings. The lowest BCUT2D eigenvalue weighted by Gasteiger charge is -2.31. The summed E-state index contributed by atoms with van der Waals surface area (Å²) < 4.78 is 3.95. The summed E-state index contributed by atoms with van der Waals surface area (Å²) in [7, 11) is 1.90. The molecule has 0 spiro atoms. The average molecular weight is 311 g/mol. The molecule has 23 heavy (non-hydrogen) atoms. The zero-order valence-electron chi connectivity index (χ0n) is 13.3. The van der Waals surface area contributed by atoms with Gasteiger partial charge in [0.25, 0.3) is 0 Å². The third-order valence-corrected chi connectivity index (χ3v) is 4.78. The number of carbonyl (C=O) groups excluding carboxylic acids is 1. The summed E-state index contributed by atoms with van der Waals surface area (Å²) >= 11 is 0. The first-order chi connectivity index (χ1) is 11.2. The van der Waals surface area contributed by atoms with Crippen LogP contribution in [0.1, 0.15) is 36.7 Å². The molecule has 120 valence electrons. The van der Waals surface area contributed by atoms with Crippen LogP contribution in [0.3, 0.4) is 0 Å². The summed E-state index contributed by atoms with van der Waals surface area (Å²) in [4.78, 5) is 19.7. The number of rotatable bonds is 2. The maximum Gasteiger partial charge on any atom is 0.227 e. The number of amides is 1. The highest BCUT2D eigenvalue weighted by Gasteiger charge is 2.35. The highest BCUT2D eigenvalue weighted by Crippen LogP contribution is 2.33. The highest BCUT2D eigenvalue weighted by molar-refractivity contribution is 5.80. The van der Waals surface area contributed by atoms with Crippen LogP contribution in [0.15, 0.2) is 36.9 Å². The average Bonchev–Trinajstić information content (AvgIpc) is 3.27. The zero-order valence-corrected chi connectivity index (χ0v) is 13.3. The van der Waals surface area contributed by atoms with Gasteiger partial charge in [-0.3, -0.25) is 9.48 Å². The molecule has 1 aliphatic heterocycles. The first kappa shape index (κ1) is 14.2. The molecule has 3 heterocycles. The number of fused-ring (bicyclic) bond motifs is 1. The van der Waals surface area contributed by atoms with Crippen molar-refractivity contribution >= 4 is 5.91 Å². The zero-order chi connectivity index (χ0) is 15.8. The SMILES string of the molecule is Cn1cc(C2c3nccn3CCCN2C(=O)C2CC=CC2)cn1. The van der Waals surface area contributed by atoms with Crippen molar-refractivity contribution in [1.82, 2.24) is 24.2 Å². The van der Waals surface area contributed by atoms with E-state index >= 15 is 0 Å². The predicted molar refractivity (Wildman–Crippen MR) is 85.5 cm³/mol. The van der Waals surface area contributed by atoms with Crippen LogP contribution in [0.5, 0.6) is 0 Å². The lowest BCUT2D eigenvalue weighted by atomic mass is 10.0. The lowest BCUT2D eigenvalue weighted by Crippen LogP contribution is -2.39. The summed E-state index contributed by atoms with van der Waals surface area (Å²) in [6.07, 6.45) is 14.5. The van der Waals surface area contributed by atoms with E-state index in [2.05, 4.69) is 26.8 Å². The number of imidazole rings is 1. The van der Waals surface area contributed by atoms with Gasteiger partial charge in [0.1, 0.15) is 11.9 Å². The van der Waals surface area contributed by atoms with Crippen LogP contribution in [0.2, 0.25) is 0 Å². The van der Waals surface area contributed by atoms with Crippen LogP contribution >= 0.6 is 0 Å². The van der Waals surface area contributed by atoms with Crippen molar-refractivity contribution in [2.75, 3.05) is 6.54 Å². The van der Waals surface area contributed by atoms with E-state index in [-0.39, 0.29) is 17.9 Å². The largest absolute Gasteiger partial charge is 0.333 e. The summed E-state index contributed by atoms with van der Waals surface area (Å²) in [6, 6.07) is -0.144. The Bertz CT molecular complexity index is 736. The van der Waals surface area contributed by atoms with Crippen LogP contribution in [-0.2, 0) is 18.4 Å². The number of aromatic nitrogens is 4. The van der Waals surface area contributed by atoms with Gasteiger partial charge in [0, 0.05) is 50.2 Å². The summed E-state index contributed by atoms with van der Waals surface area (Å²) in [5.74, 6) is 1.26. The van der Waals surface area contributed by atoms with Crippen LogP contribution in [-0.4, -0.2) is 36.7 Å². The molecule has 4 rings (SSSR count). The number of carbonyl (C=O) groups is 1. The van der Waals surface area contributed by atoms with Gasteiger partial charge >= 0.3 is 0 Å². The second-order valence-corrected chi connectivity index (χ2v) is 6.35. The Hall–Kier alpha value is -2.37. The topological polar surface area (TPSA) is 56.0 Å². The molecule has 0 saturated carbocycles. The molecule has 2 aromatic rings. The number of hydrogen-bond donors (Lipinski definition) is 0. The van der Waals surface area contributed by atoms with Gasteiger partial charge in [0.05, 0.1) is 6.20 Å². The number of aryl methyl sites for hydroxylation is 2. The van der Waals surface area contributed by atoms with Crippen molar-refractivity contribution in [3.63, 3.8) is 0 Å². The van der Waals surface area contributed by atoms with E-state index in [0.717, 1.165) is 43.7 Å². The normalized spacial score (nSPS) is 21.4. The molecule has 1 unspecified atom stereocenters. The molecule has 0 bridgehead atoms. The van der Waals surface area contributed by atoms with Crippen molar-refractivity contribution in [3.8, 4) is 0 Å². The quantitative estimate of drug-likeness (QED) is 0.796. The van der Waals surface area contributed by atoms with Gasteiger partial charge in [0.2, 0.25) is 5.91 Å². The molecule has 1 amide bonds. The van der Waals surface area contributed by atoms with Gasteiger partial charge in [-0.05, 0) is 19.3 Å². The van der Waals surface area contributed by atoms with Crippen molar-refractivity contribution in [3.05, 3.63) is 48.3 Å². The van der Waals surface area contributed by atoms with Crippen LogP contribution in [0, 0.1) is 5.92 Å². The van der Waals surface area contributed by atoms with Crippen molar-refractivity contribution in [2.24, 2.45) is 13.0 Å². The number of hydrogen-bond acceptors (Lipinski definition) is 3. The molecule has 2 aromatic heterocycles. The van der Waals surface area contributed by atoms with Gasteiger partial charge in [-0.25, -0.2) is 4.98 Å². The number of allylic oxidation sites excluding steroid dienone is 2. The minimum Gasteiger partial charge on any atom is -0.333 e. The van der Waals surface area contributed by atoms with Gasteiger partial charge < -0.3 is 9.47 Å². The van der Waals surface area contributed by atoms with E-state index in [9.17, 15) is 4.79 Å². The fourth-order valence-corrected chi connectivity index (χ4v) is 3.64. The molecule has 0 saturated heterocycles. The number of nitrogens with zero attached hydrogens (tertiary/aromatic N) is 5. The minimum atomic E-state index is -0.144. The Morgan fingerprint density at radius 2 is 2.09 bits per heavy atom. The third kappa shape index (κ3) is 2.48. The molecule has 1 aliphatic carbocycles. The maximum absolute atomic E-state index is 13.1. The lowest BCUT2D eigenvalue weighted by molar-refractivity contribution is -0.137. The Balaban J connectivity index is 1.75. The Labute approximate surface area is 135 Å². The molecule has 0 radical (unpaired) electrons. The summed E-state index contributed by atoms with van der Waals surface area (Å²) in [5, 5.41) is 4.30.